The Labute approximate surface area is 292 Å². The zero-order valence-corrected chi connectivity index (χ0v) is 31.3. The number of aliphatic carboxylic acids is 1. The zero-order chi connectivity index (χ0) is 35.9. The van der Waals surface area contributed by atoms with E-state index in [1.807, 2.05) is 0 Å². The Bertz CT molecular complexity index is 1580. The highest BCUT2D eigenvalue weighted by atomic mass is 16.5. The Hall–Kier alpha value is -2.90. The van der Waals surface area contributed by atoms with Gasteiger partial charge in [-0.2, -0.15) is 0 Å². The van der Waals surface area contributed by atoms with Gasteiger partial charge >= 0.3 is 11.9 Å². The van der Waals surface area contributed by atoms with Gasteiger partial charge in [0, 0.05) is 24.2 Å². The second-order valence-corrected chi connectivity index (χ2v) is 18.7. The van der Waals surface area contributed by atoms with Crippen molar-refractivity contribution in [1.29, 1.82) is 0 Å². The summed E-state index contributed by atoms with van der Waals surface area (Å²) in [5, 5.41) is 9.58. The lowest BCUT2D eigenvalue weighted by atomic mass is 9.33. The van der Waals surface area contributed by atoms with Gasteiger partial charge in [0.1, 0.15) is 11.9 Å². The van der Waals surface area contributed by atoms with E-state index >= 15 is 0 Å². The monoisotopic (exact) mass is 674 g/mol. The lowest BCUT2D eigenvalue weighted by Crippen LogP contribution is -2.66. The van der Waals surface area contributed by atoms with E-state index in [-0.39, 0.29) is 70.4 Å². The van der Waals surface area contributed by atoms with Gasteiger partial charge in [-0.3, -0.25) is 19.2 Å². The predicted molar refractivity (Wildman–Crippen MR) is 186 cm³/mol. The topological polar surface area (TPSA) is 124 Å². The van der Waals surface area contributed by atoms with Gasteiger partial charge in [-0.05, 0) is 122 Å². The van der Waals surface area contributed by atoms with Crippen molar-refractivity contribution in [2.75, 3.05) is 0 Å². The molecule has 4 saturated carbocycles. The fraction of sp³-hybridized carbons (Fsp3) is 0.756. The van der Waals surface area contributed by atoms with Crippen LogP contribution in [0.3, 0.4) is 0 Å². The summed E-state index contributed by atoms with van der Waals surface area (Å²) in [6.45, 7) is 19.4. The Morgan fingerprint density at radius 3 is 2.22 bits per heavy atom. The third-order valence-corrected chi connectivity index (χ3v) is 15.3. The molecule has 4 fully saturated rings. The summed E-state index contributed by atoms with van der Waals surface area (Å²) in [4.78, 5) is 61.8. The summed E-state index contributed by atoms with van der Waals surface area (Å²) >= 11 is 0. The Morgan fingerprint density at radius 2 is 1.59 bits per heavy atom. The molecule has 0 unspecified atom stereocenters. The van der Waals surface area contributed by atoms with Crippen LogP contribution in [-0.2, 0) is 30.3 Å². The van der Waals surface area contributed by atoms with Crippen molar-refractivity contribution < 1.29 is 29.0 Å². The Morgan fingerprint density at radius 1 is 0.918 bits per heavy atom. The number of aromatic nitrogens is 2. The Kier molecular flexibility index (Phi) is 8.67. The first kappa shape index (κ1) is 35.9. The zero-order valence-electron chi connectivity index (χ0n) is 31.3. The van der Waals surface area contributed by atoms with E-state index < -0.39 is 22.8 Å². The summed E-state index contributed by atoms with van der Waals surface area (Å²) in [5.41, 5.74) is -0.111. The molecule has 1 heterocycles. The number of nitrogens with zero attached hydrogens (tertiary/aromatic N) is 2. The Balaban J connectivity index is 1.31. The highest BCUT2D eigenvalue weighted by Gasteiger charge is 2.71. The molecule has 49 heavy (non-hydrogen) atoms. The van der Waals surface area contributed by atoms with Gasteiger partial charge in [-0.25, -0.2) is 9.97 Å². The molecule has 8 heteroatoms. The maximum Gasteiger partial charge on any atom is 0.309 e. The first-order chi connectivity index (χ1) is 22.7. The van der Waals surface area contributed by atoms with Crippen molar-refractivity contribution in [1.82, 2.24) is 9.97 Å². The van der Waals surface area contributed by atoms with Crippen LogP contribution in [0.15, 0.2) is 29.6 Å². The average molecular weight is 675 g/mol. The molecule has 0 spiro atoms. The molecule has 0 saturated heterocycles. The van der Waals surface area contributed by atoms with E-state index in [9.17, 15) is 24.3 Å². The first-order valence-corrected chi connectivity index (χ1v) is 18.7. The third kappa shape index (κ3) is 5.27. The molecule has 0 aliphatic heterocycles. The third-order valence-electron chi connectivity index (χ3n) is 15.3. The van der Waals surface area contributed by atoms with E-state index in [0.717, 1.165) is 56.1 Å². The molecule has 8 nitrogen and oxygen atoms in total. The SMILES string of the molecule is CC(C)C1=C2[C@H]3CC[C@@H]4[C@@]5(C)CC[C@H](OC(=O)CC(C)(C)C(=O)O)C(C)(C)[C@@H]5CC[C@@]4(C)[C@]3(C)CC[C@@]2(C(=O)Cc2ncccn2)CC1=O. The lowest BCUT2D eigenvalue weighted by molar-refractivity contribution is -0.233. The second-order valence-electron chi connectivity index (χ2n) is 18.7. The average Bonchev–Trinajstić information content (AvgIpc) is 3.32. The fourth-order valence-corrected chi connectivity index (χ4v) is 12.5. The number of carboxylic acid groups (broad SMARTS) is 1. The van der Waals surface area contributed by atoms with Gasteiger partial charge in [0.2, 0.25) is 0 Å². The summed E-state index contributed by atoms with van der Waals surface area (Å²) < 4.78 is 6.14. The van der Waals surface area contributed by atoms with Crippen LogP contribution >= 0.6 is 0 Å². The van der Waals surface area contributed by atoms with Crippen LogP contribution < -0.4 is 0 Å². The molecule has 6 rings (SSSR count). The number of hydrogen-bond acceptors (Lipinski definition) is 7. The molecule has 1 N–H and O–H groups in total. The quantitative estimate of drug-likeness (QED) is 0.275. The maximum atomic E-state index is 14.4. The second kappa shape index (κ2) is 11.8. The number of allylic oxidation sites excluding steroid dienone is 2. The van der Waals surface area contributed by atoms with Gasteiger partial charge in [0.25, 0.3) is 0 Å². The van der Waals surface area contributed by atoms with E-state index in [2.05, 4.69) is 58.4 Å². The van der Waals surface area contributed by atoms with E-state index in [1.165, 1.54) is 0 Å². The van der Waals surface area contributed by atoms with Crippen molar-refractivity contribution in [3.8, 4) is 0 Å². The van der Waals surface area contributed by atoms with Crippen molar-refractivity contribution in [2.45, 2.75) is 139 Å². The van der Waals surface area contributed by atoms with Gasteiger partial charge in [0.15, 0.2) is 11.6 Å². The van der Waals surface area contributed by atoms with Gasteiger partial charge in [-0.15, -0.1) is 0 Å². The standard InChI is InChI=1S/C41H58N2O6/c1-24(2)33-26(44)22-41(29(45)21-31-42-19-10-20-43-31)18-17-39(8)25(34(33)41)11-12-28-38(7)15-14-30(49-32(46)23-36(3,4)35(47)48)37(5,6)27(38)13-16-40(28,39)9/h10,19-20,24-25,27-28,30H,11-18,21-23H2,1-9H3,(H,47,48)/t25-,27+,28-,30+,38+,39-,40-,41+/m1/s1. The minimum absolute atomic E-state index is 0.0186. The molecule has 1 aromatic rings. The number of carbonyl (C=O) groups is 4. The molecule has 0 aromatic carbocycles. The van der Waals surface area contributed by atoms with Crippen molar-refractivity contribution in [3.63, 3.8) is 0 Å². The number of rotatable bonds is 8. The molecular weight excluding hydrogens is 616 g/mol. The van der Waals surface area contributed by atoms with Crippen LogP contribution in [0, 0.1) is 56.2 Å². The molecule has 0 radical (unpaired) electrons. The molecule has 1 aromatic heterocycles. The molecule has 0 amide bonds. The minimum atomic E-state index is -1.17. The minimum Gasteiger partial charge on any atom is -0.481 e. The van der Waals surface area contributed by atoms with E-state index in [1.54, 1.807) is 32.3 Å². The number of fused-ring (bicyclic) bond motifs is 7. The number of hydrogen-bond donors (Lipinski definition) is 1. The van der Waals surface area contributed by atoms with Crippen molar-refractivity contribution >= 4 is 23.5 Å². The number of carbonyl (C=O) groups excluding carboxylic acids is 3. The smallest absolute Gasteiger partial charge is 0.309 e. The van der Waals surface area contributed by atoms with E-state index in [4.69, 9.17) is 4.74 Å². The number of carboxylic acids is 1. The number of ketones is 2. The van der Waals surface area contributed by atoms with Crippen LogP contribution in [-0.4, -0.2) is 44.7 Å². The summed E-state index contributed by atoms with van der Waals surface area (Å²) in [6, 6.07) is 1.76. The number of esters is 1. The molecule has 0 bridgehead atoms. The van der Waals surface area contributed by atoms with E-state index in [0.29, 0.717) is 24.1 Å². The molecule has 5 aliphatic carbocycles. The van der Waals surface area contributed by atoms with Gasteiger partial charge in [0.05, 0.1) is 23.7 Å². The van der Waals surface area contributed by atoms with Crippen LogP contribution in [0.5, 0.6) is 0 Å². The lowest BCUT2D eigenvalue weighted by Gasteiger charge is -2.72. The molecule has 8 atom stereocenters. The fourth-order valence-electron chi connectivity index (χ4n) is 12.5. The normalized spacial score (nSPS) is 38.3. The van der Waals surface area contributed by atoms with Crippen LogP contribution in [0.25, 0.3) is 0 Å². The molecule has 268 valence electrons. The summed E-state index contributed by atoms with van der Waals surface area (Å²) in [7, 11) is 0. The molecular formula is C41H58N2O6. The summed E-state index contributed by atoms with van der Waals surface area (Å²) in [6.07, 6.45) is 10.8. The highest BCUT2D eigenvalue weighted by Crippen LogP contribution is 2.76. The van der Waals surface area contributed by atoms with Crippen molar-refractivity contribution in [3.05, 3.63) is 35.4 Å². The highest BCUT2D eigenvalue weighted by molar-refractivity contribution is 6.07. The molecule has 5 aliphatic rings. The summed E-state index contributed by atoms with van der Waals surface area (Å²) in [5.74, 6) is 0.405. The predicted octanol–water partition coefficient (Wildman–Crippen LogP) is 7.98. The van der Waals surface area contributed by atoms with Crippen molar-refractivity contribution in [2.24, 2.45) is 56.2 Å². The number of ether oxygens (including phenoxy) is 1. The van der Waals surface area contributed by atoms with Crippen LogP contribution in [0.1, 0.15) is 132 Å². The number of Topliss-reactive ketones (excluding diaryl/α,β-unsaturated/α-hetero) is 2. The van der Waals surface area contributed by atoms with Gasteiger partial charge in [-0.1, -0.05) is 48.5 Å². The van der Waals surface area contributed by atoms with Crippen LogP contribution in [0.4, 0.5) is 0 Å². The van der Waals surface area contributed by atoms with Crippen LogP contribution in [0.2, 0.25) is 0 Å². The van der Waals surface area contributed by atoms with Gasteiger partial charge < -0.3 is 9.84 Å². The maximum absolute atomic E-state index is 14.4. The first-order valence-electron chi connectivity index (χ1n) is 18.7. The largest absolute Gasteiger partial charge is 0.481 e.